The molecule has 1 heterocycles. The first-order chi connectivity index (χ1) is 9.96. The second kappa shape index (κ2) is 7.13. The van der Waals surface area contributed by atoms with Gasteiger partial charge in [-0.1, -0.05) is 40.2 Å². The number of hydrogen-bond donors (Lipinski definition) is 2. The lowest BCUT2D eigenvalue weighted by atomic mass is 10.1. The third-order valence-electron chi connectivity index (χ3n) is 2.92. The average Bonchev–Trinajstić information content (AvgIpc) is 2.46. The SMILES string of the molecule is O=S(=O)(O)NCc1ccc[n+](Cc2ccc(CBr)cc2)c1. The molecule has 0 fully saturated rings. The molecule has 0 aliphatic carbocycles. The number of nitrogens with zero attached hydrogens (tertiary/aromatic N) is 1. The minimum Gasteiger partial charge on any atom is -0.273 e. The van der Waals surface area contributed by atoms with Crippen LogP contribution >= 0.6 is 15.9 Å². The number of benzene rings is 1. The molecule has 0 atom stereocenters. The van der Waals surface area contributed by atoms with Crippen molar-refractivity contribution in [2.45, 2.75) is 18.4 Å². The Bertz CT molecular complexity index is 702. The summed E-state index contributed by atoms with van der Waals surface area (Å²) in [5.41, 5.74) is 3.15. The van der Waals surface area contributed by atoms with E-state index in [0.717, 1.165) is 16.5 Å². The molecule has 7 heteroatoms. The van der Waals surface area contributed by atoms with Gasteiger partial charge in [-0.05, 0) is 11.6 Å². The number of alkyl halides is 1. The predicted molar refractivity (Wildman–Crippen MR) is 83.2 cm³/mol. The monoisotopic (exact) mass is 371 g/mol. The molecule has 0 aliphatic rings. The summed E-state index contributed by atoms with van der Waals surface area (Å²) in [4.78, 5) is 0. The highest BCUT2D eigenvalue weighted by atomic mass is 79.9. The van der Waals surface area contributed by atoms with Gasteiger partial charge in [-0.2, -0.15) is 13.1 Å². The summed E-state index contributed by atoms with van der Waals surface area (Å²) in [5, 5.41) is 0.831. The lowest BCUT2D eigenvalue weighted by Gasteiger charge is -2.03. The van der Waals surface area contributed by atoms with Gasteiger partial charge in [-0.25, -0.2) is 4.57 Å². The molecule has 0 saturated heterocycles. The zero-order chi connectivity index (χ0) is 15.3. The van der Waals surface area contributed by atoms with Crippen molar-refractivity contribution in [2.24, 2.45) is 0 Å². The Morgan fingerprint density at radius 3 is 2.38 bits per heavy atom. The number of halogens is 1. The fraction of sp³-hybridized carbons (Fsp3) is 0.214. The quantitative estimate of drug-likeness (QED) is 0.462. The standard InChI is InChI=1S/C14H15BrN2O3S/c15-8-12-3-5-13(6-4-12)10-17-7-1-2-14(11-17)9-16-21(18,19)20/h1-7,11,16H,8-10H2/p+1. The minimum absolute atomic E-state index is 0.0577. The first kappa shape index (κ1) is 16.1. The Labute approximate surface area is 132 Å². The third kappa shape index (κ3) is 5.55. The average molecular weight is 372 g/mol. The molecule has 0 amide bonds. The summed E-state index contributed by atoms with van der Waals surface area (Å²) >= 11 is 3.41. The molecule has 2 N–H and O–H groups in total. The number of aromatic nitrogens is 1. The van der Waals surface area contributed by atoms with Crippen molar-refractivity contribution in [1.29, 1.82) is 0 Å². The Morgan fingerprint density at radius 2 is 1.76 bits per heavy atom. The predicted octanol–water partition coefficient (Wildman–Crippen LogP) is 1.81. The van der Waals surface area contributed by atoms with Gasteiger partial charge < -0.3 is 0 Å². The van der Waals surface area contributed by atoms with Gasteiger partial charge in [0.05, 0.1) is 0 Å². The fourth-order valence-corrected chi connectivity index (χ4v) is 2.62. The van der Waals surface area contributed by atoms with Gasteiger partial charge in [0.1, 0.15) is 0 Å². The zero-order valence-electron chi connectivity index (χ0n) is 11.2. The molecule has 2 rings (SSSR count). The van der Waals surface area contributed by atoms with Crippen LogP contribution < -0.4 is 9.29 Å². The van der Waals surface area contributed by atoms with E-state index in [1.54, 1.807) is 6.07 Å². The van der Waals surface area contributed by atoms with Crippen LogP contribution in [0.15, 0.2) is 48.8 Å². The Kier molecular flexibility index (Phi) is 5.46. The van der Waals surface area contributed by atoms with Crippen LogP contribution in [0, 0.1) is 0 Å². The van der Waals surface area contributed by atoms with Gasteiger partial charge in [-0.3, -0.25) is 4.55 Å². The number of hydrogen-bond acceptors (Lipinski definition) is 2. The molecule has 0 unspecified atom stereocenters. The van der Waals surface area contributed by atoms with Crippen molar-refractivity contribution < 1.29 is 17.5 Å². The summed E-state index contributed by atoms with van der Waals surface area (Å²) in [6, 6.07) is 11.9. The summed E-state index contributed by atoms with van der Waals surface area (Å²) in [6.07, 6.45) is 3.76. The van der Waals surface area contributed by atoms with Gasteiger partial charge in [0.15, 0.2) is 18.9 Å². The summed E-state index contributed by atoms with van der Waals surface area (Å²) in [5.74, 6) is 0. The van der Waals surface area contributed by atoms with E-state index in [1.165, 1.54) is 5.56 Å². The second-order valence-corrected chi connectivity index (χ2v) is 6.43. The normalized spacial score (nSPS) is 11.5. The zero-order valence-corrected chi connectivity index (χ0v) is 13.6. The van der Waals surface area contributed by atoms with Crippen LogP contribution in [0.2, 0.25) is 0 Å². The summed E-state index contributed by atoms with van der Waals surface area (Å²) in [6.45, 7) is 0.754. The smallest absolute Gasteiger partial charge is 0.273 e. The van der Waals surface area contributed by atoms with E-state index in [4.69, 9.17) is 4.55 Å². The van der Waals surface area contributed by atoms with E-state index >= 15 is 0 Å². The Hall–Kier alpha value is -1.28. The molecule has 0 saturated carbocycles. The number of pyridine rings is 1. The first-order valence-electron chi connectivity index (χ1n) is 6.30. The lowest BCUT2D eigenvalue weighted by Crippen LogP contribution is -2.34. The van der Waals surface area contributed by atoms with Crippen LogP contribution in [-0.4, -0.2) is 13.0 Å². The highest BCUT2D eigenvalue weighted by Crippen LogP contribution is 2.07. The van der Waals surface area contributed by atoms with Gasteiger partial charge in [0, 0.05) is 29.1 Å². The number of nitrogens with one attached hydrogen (secondary N) is 1. The Morgan fingerprint density at radius 1 is 1.10 bits per heavy atom. The second-order valence-electron chi connectivity index (χ2n) is 4.63. The van der Waals surface area contributed by atoms with E-state index in [9.17, 15) is 8.42 Å². The molecule has 21 heavy (non-hydrogen) atoms. The van der Waals surface area contributed by atoms with Crippen molar-refractivity contribution >= 4 is 26.2 Å². The molecule has 5 nitrogen and oxygen atoms in total. The lowest BCUT2D eigenvalue weighted by molar-refractivity contribution is -0.688. The maximum absolute atomic E-state index is 10.7. The molecular weight excluding hydrogens is 356 g/mol. The first-order valence-corrected chi connectivity index (χ1v) is 8.86. The maximum atomic E-state index is 10.7. The maximum Gasteiger partial charge on any atom is 0.333 e. The fourth-order valence-electron chi connectivity index (χ4n) is 1.90. The van der Waals surface area contributed by atoms with E-state index in [2.05, 4.69) is 44.9 Å². The molecule has 0 spiro atoms. The van der Waals surface area contributed by atoms with E-state index in [0.29, 0.717) is 6.54 Å². The van der Waals surface area contributed by atoms with Crippen LogP contribution in [0.4, 0.5) is 0 Å². The van der Waals surface area contributed by atoms with Crippen molar-refractivity contribution in [2.75, 3.05) is 0 Å². The molecule has 1 aromatic heterocycles. The topological polar surface area (TPSA) is 70.3 Å². The van der Waals surface area contributed by atoms with Gasteiger partial charge in [0.2, 0.25) is 0 Å². The summed E-state index contributed by atoms with van der Waals surface area (Å²) < 4.78 is 34.0. The van der Waals surface area contributed by atoms with Gasteiger partial charge in [-0.15, -0.1) is 0 Å². The van der Waals surface area contributed by atoms with E-state index in [-0.39, 0.29) is 6.54 Å². The molecule has 2 aromatic rings. The molecular formula is C14H16BrN2O3S+. The molecule has 0 radical (unpaired) electrons. The van der Waals surface area contributed by atoms with E-state index < -0.39 is 10.3 Å². The Balaban J connectivity index is 2.06. The van der Waals surface area contributed by atoms with Gasteiger partial charge >= 0.3 is 10.3 Å². The summed E-state index contributed by atoms with van der Waals surface area (Å²) in [7, 11) is -4.17. The molecule has 0 aliphatic heterocycles. The van der Waals surface area contributed by atoms with Gasteiger partial charge in [0.25, 0.3) is 0 Å². The van der Waals surface area contributed by atoms with Crippen LogP contribution in [0.25, 0.3) is 0 Å². The highest BCUT2D eigenvalue weighted by Gasteiger charge is 2.07. The minimum atomic E-state index is -4.17. The molecule has 1 aromatic carbocycles. The van der Waals surface area contributed by atoms with Crippen molar-refractivity contribution in [3.63, 3.8) is 0 Å². The molecule has 0 bridgehead atoms. The number of rotatable bonds is 6. The third-order valence-corrected chi connectivity index (χ3v) is 4.08. The van der Waals surface area contributed by atoms with E-state index in [1.807, 2.05) is 23.0 Å². The largest absolute Gasteiger partial charge is 0.333 e. The van der Waals surface area contributed by atoms with Crippen LogP contribution in [0.5, 0.6) is 0 Å². The van der Waals surface area contributed by atoms with Crippen LogP contribution in [0.3, 0.4) is 0 Å². The van der Waals surface area contributed by atoms with Crippen molar-refractivity contribution in [3.8, 4) is 0 Å². The van der Waals surface area contributed by atoms with Crippen LogP contribution in [0.1, 0.15) is 16.7 Å². The molecule has 112 valence electrons. The van der Waals surface area contributed by atoms with Crippen molar-refractivity contribution in [1.82, 2.24) is 4.72 Å². The van der Waals surface area contributed by atoms with Crippen molar-refractivity contribution in [3.05, 3.63) is 65.5 Å². The van der Waals surface area contributed by atoms with Crippen LogP contribution in [-0.2, 0) is 28.7 Å². The highest BCUT2D eigenvalue weighted by molar-refractivity contribution is 9.08.